The first-order valence-electron chi connectivity index (χ1n) is 11.7. The Balaban J connectivity index is 0.000000254. The minimum Gasteiger partial charge on any atom is -0.354 e. The van der Waals surface area contributed by atoms with E-state index in [1.165, 1.54) is 32.1 Å². The van der Waals surface area contributed by atoms with Gasteiger partial charge < -0.3 is 16.0 Å². The molecule has 1 saturated carbocycles. The van der Waals surface area contributed by atoms with Crippen LogP contribution in [0.3, 0.4) is 0 Å². The molecular formula is C24H37N5O2. The first-order chi connectivity index (χ1) is 15.0. The molecule has 1 saturated heterocycles. The fourth-order valence-electron chi connectivity index (χ4n) is 4.72. The summed E-state index contributed by atoms with van der Waals surface area (Å²) in [7, 11) is 1.57. The first-order valence-corrected chi connectivity index (χ1v) is 11.7. The van der Waals surface area contributed by atoms with Gasteiger partial charge in [0.15, 0.2) is 0 Å². The lowest BCUT2D eigenvalue weighted by Gasteiger charge is -2.24. The van der Waals surface area contributed by atoms with E-state index in [0.717, 1.165) is 24.7 Å². The fourth-order valence-corrected chi connectivity index (χ4v) is 4.72. The second kappa shape index (κ2) is 10.8. The summed E-state index contributed by atoms with van der Waals surface area (Å²) in [4.78, 5) is 30.7. The third-order valence-corrected chi connectivity index (χ3v) is 6.67. The van der Waals surface area contributed by atoms with Gasteiger partial charge in [0.1, 0.15) is 17.0 Å². The van der Waals surface area contributed by atoms with Crippen LogP contribution in [-0.2, 0) is 0 Å². The van der Waals surface area contributed by atoms with Crippen LogP contribution in [0.2, 0.25) is 0 Å². The molecule has 0 spiro atoms. The SMILES string of the molecule is CC(C)C1CCCCC1.CNC(=O)c1cccc2nc(C(=O)N3CCCC3CN)cn12. The molecule has 7 heteroatoms. The highest BCUT2D eigenvalue weighted by molar-refractivity contribution is 5.95. The maximum atomic E-state index is 12.6. The highest BCUT2D eigenvalue weighted by Crippen LogP contribution is 2.29. The molecule has 1 unspecified atom stereocenters. The number of carbonyl (C=O) groups excluding carboxylic acids is 2. The number of hydrogen-bond acceptors (Lipinski definition) is 4. The first kappa shape index (κ1) is 23.3. The number of imidazole rings is 1. The van der Waals surface area contributed by atoms with E-state index in [0.29, 0.717) is 30.1 Å². The summed E-state index contributed by atoms with van der Waals surface area (Å²) in [6.45, 7) is 5.88. The normalized spacial score (nSPS) is 19.4. The topological polar surface area (TPSA) is 92.7 Å². The molecule has 2 aliphatic rings. The van der Waals surface area contributed by atoms with Crippen molar-refractivity contribution in [1.29, 1.82) is 0 Å². The smallest absolute Gasteiger partial charge is 0.274 e. The maximum absolute atomic E-state index is 12.6. The molecule has 2 fully saturated rings. The van der Waals surface area contributed by atoms with E-state index in [2.05, 4.69) is 24.1 Å². The predicted octanol–water partition coefficient (Wildman–Crippen LogP) is 3.48. The Morgan fingerprint density at radius 2 is 1.90 bits per heavy atom. The number of nitrogens with one attached hydrogen (secondary N) is 1. The highest BCUT2D eigenvalue weighted by atomic mass is 16.2. The molecule has 2 amide bonds. The summed E-state index contributed by atoms with van der Waals surface area (Å²) in [5.41, 5.74) is 7.09. The number of carbonyl (C=O) groups is 2. The molecule has 170 valence electrons. The van der Waals surface area contributed by atoms with Crippen molar-refractivity contribution in [1.82, 2.24) is 19.6 Å². The number of amides is 2. The molecule has 7 nitrogen and oxygen atoms in total. The van der Waals surface area contributed by atoms with E-state index in [1.54, 1.807) is 40.7 Å². The zero-order valence-corrected chi connectivity index (χ0v) is 19.1. The zero-order valence-electron chi connectivity index (χ0n) is 19.1. The van der Waals surface area contributed by atoms with Gasteiger partial charge in [0.2, 0.25) is 0 Å². The van der Waals surface area contributed by atoms with Crippen LogP contribution in [0.4, 0.5) is 0 Å². The van der Waals surface area contributed by atoms with Crippen molar-refractivity contribution in [3.63, 3.8) is 0 Å². The third-order valence-electron chi connectivity index (χ3n) is 6.67. The van der Waals surface area contributed by atoms with E-state index >= 15 is 0 Å². The summed E-state index contributed by atoms with van der Waals surface area (Å²) >= 11 is 0. The number of rotatable bonds is 4. The average molecular weight is 428 g/mol. The van der Waals surface area contributed by atoms with E-state index in [-0.39, 0.29) is 17.9 Å². The molecule has 31 heavy (non-hydrogen) atoms. The van der Waals surface area contributed by atoms with E-state index in [9.17, 15) is 9.59 Å². The molecular weight excluding hydrogens is 390 g/mol. The minimum atomic E-state index is -0.219. The number of nitrogens with zero attached hydrogens (tertiary/aromatic N) is 3. The molecule has 3 N–H and O–H groups in total. The number of hydrogen-bond donors (Lipinski definition) is 2. The Bertz CT molecular complexity index is 885. The van der Waals surface area contributed by atoms with Crippen molar-refractivity contribution < 1.29 is 9.59 Å². The molecule has 4 rings (SSSR count). The zero-order chi connectivity index (χ0) is 22.4. The van der Waals surface area contributed by atoms with Gasteiger partial charge in [0.25, 0.3) is 11.8 Å². The van der Waals surface area contributed by atoms with Gasteiger partial charge in [-0.1, -0.05) is 52.0 Å². The number of nitrogens with two attached hydrogens (primary N) is 1. The second-order valence-electron chi connectivity index (χ2n) is 9.02. The van der Waals surface area contributed by atoms with Gasteiger partial charge in [-0.2, -0.15) is 0 Å². The van der Waals surface area contributed by atoms with Crippen LogP contribution in [0, 0.1) is 11.8 Å². The maximum Gasteiger partial charge on any atom is 0.274 e. The Hall–Kier alpha value is -2.41. The lowest BCUT2D eigenvalue weighted by molar-refractivity contribution is 0.0735. The lowest BCUT2D eigenvalue weighted by Crippen LogP contribution is -2.40. The van der Waals surface area contributed by atoms with Gasteiger partial charge in [-0.15, -0.1) is 0 Å². The molecule has 0 aromatic carbocycles. The molecule has 2 aromatic heterocycles. The van der Waals surface area contributed by atoms with Gasteiger partial charge in [-0.05, 0) is 36.8 Å². The van der Waals surface area contributed by atoms with Crippen LogP contribution in [0.15, 0.2) is 24.4 Å². The van der Waals surface area contributed by atoms with Crippen LogP contribution in [0.25, 0.3) is 5.65 Å². The Labute approximate surface area is 185 Å². The summed E-state index contributed by atoms with van der Waals surface area (Å²) in [6, 6.07) is 5.30. The Kier molecular flexibility index (Phi) is 8.07. The fraction of sp³-hybridized carbons (Fsp3) is 0.625. The summed E-state index contributed by atoms with van der Waals surface area (Å²) < 4.78 is 1.64. The third kappa shape index (κ3) is 5.45. The quantitative estimate of drug-likeness (QED) is 0.781. The van der Waals surface area contributed by atoms with Crippen LogP contribution >= 0.6 is 0 Å². The van der Waals surface area contributed by atoms with Crippen LogP contribution in [0.5, 0.6) is 0 Å². The Morgan fingerprint density at radius 1 is 1.16 bits per heavy atom. The number of aromatic nitrogens is 2. The van der Waals surface area contributed by atoms with Gasteiger partial charge in [0.05, 0.1) is 0 Å². The molecule has 0 bridgehead atoms. The van der Waals surface area contributed by atoms with E-state index in [1.807, 2.05) is 0 Å². The lowest BCUT2D eigenvalue weighted by atomic mass is 9.82. The van der Waals surface area contributed by atoms with Crippen LogP contribution < -0.4 is 11.1 Å². The van der Waals surface area contributed by atoms with Crippen molar-refractivity contribution >= 4 is 17.5 Å². The van der Waals surface area contributed by atoms with Crippen LogP contribution in [-0.4, -0.2) is 52.3 Å². The predicted molar refractivity (Wildman–Crippen MR) is 123 cm³/mol. The molecule has 1 aliphatic heterocycles. The molecule has 3 heterocycles. The van der Waals surface area contributed by atoms with Crippen LogP contribution in [0.1, 0.15) is 79.8 Å². The van der Waals surface area contributed by atoms with Crippen molar-refractivity contribution in [2.24, 2.45) is 17.6 Å². The monoisotopic (exact) mass is 427 g/mol. The molecule has 2 aromatic rings. The van der Waals surface area contributed by atoms with E-state index in [4.69, 9.17) is 5.73 Å². The average Bonchev–Trinajstić information content (AvgIpc) is 3.45. The van der Waals surface area contributed by atoms with Crippen molar-refractivity contribution in [3.05, 3.63) is 35.8 Å². The van der Waals surface area contributed by atoms with Gasteiger partial charge >= 0.3 is 0 Å². The second-order valence-corrected chi connectivity index (χ2v) is 9.02. The van der Waals surface area contributed by atoms with Crippen molar-refractivity contribution in [3.8, 4) is 0 Å². The molecule has 1 atom stereocenters. The van der Waals surface area contributed by atoms with Gasteiger partial charge in [-0.3, -0.25) is 14.0 Å². The standard InChI is InChI=1S/C15H19N5O2.C9H18/c1-17-14(21)12-5-2-6-13-18-11(9-20(12)13)15(22)19-7-3-4-10(19)8-16;1-8(2)9-6-4-3-5-7-9/h2,5-6,9-10H,3-4,7-8,16H2,1H3,(H,17,21);8-9H,3-7H2,1-2H3. The Morgan fingerprint density at radius 3 is 2.52 bits per heavy atom. The number of fused-ring (bicyclic) bond motifs is 1. The largest absolute Gasteiger partial charge is 0.354 e. The summed E-state index contributed by atoms with van der Waals surface area (Å²) in [6.07, 6.45) is 11.0. The number of likely N-dealkylation sites (tertiary alicyclic amines) is 1. The van der Waals surface area contributed by atoms with Gasteiger partial charge in [0, 0.05) is 32.4 Å². The summed E-state index contributed by atoms with van der Waals surface area (Å²) in [5, 5.41) is 2.58. The number of pyridine rings is 1. The molecule has 0 radical (unpaired) electrons. The van der Waals surface area contributed by atoms with Gasteiger partial charge in [-0.25, -0.2) is 4.98 Å². The summed E-state index contributed by atoms with van der Waals surface area (Å²) in [5.74, 6) is 1.64. The van der Waals surface area contributed by atoms with Crippen molar-refractivity contribution in [2.75, 3.05) is 20.1 Å². The minimum absolute atomic E-state index is 0.0794. The van der Waals surface area contributed by atoms with Crippen molar-refractivity contribution in [2.45, 2.75) is 64.8 Å². The molecule has 1 aliphatic carbocycles. The highest BCUT2D eigenvalue weighted by Gasteiger charge is 2.30. The van der Waals surface area contributed by atoms with E-state index < -0.39 is 0 Å².